The Hall–Kier alpha value is -1.28. The number of aliphatic hydroxyl groups is 1. The Labute approximate surface area is 366 Å². The summed E-state index contributed by atoms with van der Waals surface area (Å²) in [6, 6.07) is -0.899. The van der Waals surface area contributed by atoms with E-state index in [0.717, 1.165) is 38.5 Å². The lowest BCUT2D eigenvalue weighted by molar-refractivity contribution is -0.870. The number of allylic oxidation sites excluding steroid dienone is 5. The number of rotatable bonds is 45. The predicted octanol–water partition coefficient (Wildman–Crippen LogP) is 13.6. The summed E-state index contributed by atoms with van der Waals surface area (Å²) in [6.07, 6.45) is 52.2. The van der Waals surface area contributed by atoms with E-state index in [2.05, 4.69) is 43.5 Å². The van der Waals surface area contributed by atoms with Crippen LogP contribution in [0.15, 0.2) is 36.5 Å². The zero-order valence-electron chi connectivity index (χ0n) is 39.5. The molecule has 0 saturated heterocycles. The highest BCUT2D eigenvalue weighted by molar-refractivity contribution is 7.45. The normalized spacial score (nSPS) is 14.5. The first-order chi connectivity index (χ1) is 28.5. The van der Waals surface area contributed by atoms with Gasteiger partial charge in [-0.3, -0.25) is 9.36 Å². The van der Waals surface area contributed by atoms with Crippen LogP contribution in [0, 0.1) is 0 Å². The number of carbonyl (C=O) groups excluding carboxylic acids is 1. The highest BCUT2D eigenvalue weighted by Crippen LogP contribution is 2.38. The van der Waals surface area contributed by atoms with Crippen LogP contribution in [0.25, 0.3) is 0 Å². The first-order valence-corrected chi connectivity index (χ1v) is 26.3. The summed E-state index contributed by atoms with van der Waals surface area (Å²) in [4.78, 5) is 25.3. The van der Waals surface area contributed by atoms with Gasteiger partial charge in [-0.05, 0) is 57.8 Å². The van der Waals surface area contributed by atoms with Gasteiger partial charge in [0.1, 0.15) is 13.2 Å². The van der Waals surface area contributed by atoms with Gasteiger partial charge in [-0.2, -0.15) is 0 Å². The second-order valence-electron chi connectivity index (χ2n) is 18.2. The van der Waals surface area contributed by atoms with Crippen molar-refractivity contribution in [2.24, 2.45) is 0 Å². The van der Waals surface area contributed by atoms with Crippen LogP contribution in [0.2, 0.25) is 0 Å². The molecule has 0 bridgehead atoms. The van der Waals surface area contributed by atoms with Crippen molar-refractivity contribution in [1.82, 2.24) is 5.32 Å². The number of amides is 1. The van der Waals surface area contributed by atoms with Crippen molar-refractivity contribution in [3.05, 3.63) is 36.5 Å². The highest BCUT2D eigenvalue weighted by atomic mass is 31.2. The molecule has 59 heavy (non-hydrogen) atoms. The van der Waals surface area contributed by atoms with Crippen LogP contribution in [0.5, 0.6) is 0 Å². The number of phosphoric ester groups is 1. The van der Waals surface area contributed by atoms with Gasteiger partial charge in [0.25, 0.3) is 7.82 Å². The van der Waals surface area contributed by atoms with Gasteiger partial charge in [0.2, 0.25) is 5.91 Å². The monoisotopic (exact) mass is 853 g/mol. The van der Waals surface area contributed by atoms with Crippen molar-refractivity contribution < 1.29 is 32.9 Å². The van der Waals surface area contributed by atoms with Gasteiger partial charge in [-0.1, -0.05) is 198 Å². The molecule has 348 valence electrons. The van der Waals surface area contributed by atoms with Gasteiger partial charge in [0.05, 0.1) is 39.9 Å². The van der Waals surface area contributed by atoms with E-state index in [-0.39, 0.29) is 12.5 Å². The number of hydrogen-bond donors (Lipinski definition) is 2. The highest BCUT2D eigenvalue weighted by Gasteiger charge is 2.23. The van der Waals surface area contributed by atoms with Gasteiger partial charge in [-0.15, -0.1) is 0 Å². The smallest absolute Gasteiger partial charge is 0.268 e. The molecule has 2 N–H and O–H groups in total. The standard InChI is InChI=1S/C50H97N2O6P/c1-6-8-10-12-14-16-18-19-20-21-22-23-24-25-26-27-28-29-30-31-32-33-34-36-38-40-42-44-50(54)51-48(47-58-59(55,56)57-46-45-52(3,4)5)49(53)43-41-39-37-35-17-15-13-11-9-7-2/h17,21-22,35,41,43,48-49,53H,6-16,18-20,23-34,36-40,42,44-47H2,1-5H3,(H-,51,54,55,56)/b22-21-,35-17+,43-41+. The summed E-state index contributed by atoms with van der Waals surface area (Å²) >= 11 is 0. The minimum atomic E-state index is -4.59. The number of nitrogens with one attached hydrogen (secondary N) is 1. The lowest BCUT2D eigenvalue weighted by Gasteiger charge is -2.29. The van der Waals surface area contributed by atoms with E-state index in [4.69, 9.17) is 9.05 Å². The van der Waals surface area contributed by atoms with Gasteiger partial charge in [0.15, 0.2) is 0 Å². The molecule has 9 heteroatoms. The minimum absolute atomic E-state index is 0.00588. The molecule has 3 unspecified atom stereocenters. The van der Waals surface area contributed by atoms with Crippen LogP contribution in [0.3, 0.4) is 0 Å². The first-order valence-electron chi connectivity index (χ1n) is 24.9. The number of nitrogens with zero attached hydrogens (tertiary/aromatic N) is 1. The van der Waals surface area contributed by atoms with Crippen molar-refractivity contribution in [1.29, 1.82) is 0 Å². The fourth-order valence-electron chi connectivity index (χ4n) is 7.10. The van der Waals surface area contributed by atoms with E-state index < -0.39 is 26.6 Å². The van der Waals surface area contributed by atoms with E-state index >= 15 is 0 Å². The number of hydrogen-bond acceptors (Lipinski definition) is 6. The molecule has 0 spiro atoms. The molecule has 0 aromatic heterocycles. The maximum absolute atomic E-state index is 12.9. The van der Waals surface area contributed by atoms with E-state index in [0.29, 0.717) is 17.4 Å². The van der Waals surface area contributed by atoms with Crippen LogP contribution in [-0.2, 0) is 18.4 Å². The van der Waals surface area contributed by atoms with Crippen molar-refractivity contribution in [2.75, 3.05) is 40.9 Å². The maximum atomic E-state index is 12.9. The minimum Gasteiger partial charge on any atom is -0.756 e. The zero-order valence-corrected chi connectivity index (χ0v) is 40.4. The Morgan fingerprint density at radius 2 is 0.949 bits per heavy atom. The number of quaternary nitrogens is 1. The quantitative estimate of drug-likeness (QED) is 0.0273. The van der Waals surface area contributed by atoms with Crippen LogP contribution in [0.1, 0.15) is 226 Å². The third-order valence-electron chi connectivity index (χ3n) is 11.1. The number of carbonyl (C=O) groups is 1. The third-order valence-corrected chi connectivity index (χ3v) is 12.0. The van der Waals surface area contributed by atoms with E-state index in [9.17, 15) is 19.4 Å². The molecule has 0 fully saturated rings. The summed E-state index contributed by atoms with van der Waals surface area (Å²) in [5.41, 5.74) is 0. The lowest BCUT2D eigenvalue weighted by Crippen LogP contribution is -2.45. The summed E-state index contributed by atoms with van der Waals surface area (Å²) in [5, 5.41) is 13.7. The molecule has 0 aliphatic carbocycles. The van der Waals surface area contributed by atoms with E-state index in [1.54, 1.807) is 6.08 Å². The Balaban J connectivity index is 4.10. The van der Waals surface area contributed by atoms with Gasteiger partial charge in [-0.25, -0.2) is 0 Å². The fourth-order valence-corrected chi connectivity index (χ4v) is 7.83. The summed E-state index contributed by atoms with van der Waals surface area (Å²) in [7, 11) is 1.24. The number of phosphoric acid groups is 1. The molecule has 0 aliphatic rings. The number of aliphatic hydroxyl groups excluding tert-OH is 1. The maximum Gasteiger partial charge on any atom is 0.268 e. The molecule has 8 nitrogen and oxygen atoms in total. The Morgan fingerprint density at radius 3 is 1.39 bits per heavy atom. The van der Waals surface area contributed by atoms with E-state index in [1.165, 1.54) is 167 Å². The zero-order chi connectivity index (χ0) is 43.6. The topological polar surface area (TPSA) is 108 Å². The second-order valence-corrected chi connectivity index (χ2v) is 19.6. The molecular weight excluding hydrogens is 756 g/mol. The van der Waals surface area contributed by atoms with Crippen LogP contribution in [-0.4, -0.2) is 68.5 Å². The van der Waals surface area contributed by atoms with Gasteiger partial charge in [0, 0.05) is 6.42 Å². The Morgan fingerprint density at radius 1 is 0.576 bits per heavy atom. The summed E-state index contributed by atoms with van der Waals surface area (Å²) in [5.74, 6) is -0.208. The molecule has 3 atom stereocenters. The van der Waals surface area contributed by atoms with Crippen LogP contribution >= 0.6 is 7.82 Å². The SMILES string of the molecule is CCCCCC/C=C/CC/C=C/C(O)C(COP(=O)([O-])OCC[N+](C)(C)C)NC(=O)CCCCCCCCCCCCCCCCC/C=C\CCCCCCCCCC. The molecule has 0 heterocycles. The predicted molar refractivity (Wildman–Crippen MR) is 251 cm³/mol. The molecule has 0 aromatic carbocycles. The molecule has 0 rings (SSSR count). The molecule has 0 saturated carbocycles. The fraction of sp³-hybridized carbons (Fsp3) is 0.860. The summed E-state index contributed by atoms with van der Waals surface area (Å²) < 4.78 is 23.2. The van der Waals surface area contributed by atoms with Crippen molar-refractivity contribution in [3.8, 4) is 0 Å². The third kappa shape index (κ3) is 44.6. The molecule has 0 aromatic rings. The summed E-state index contributed by atoms with van der Waals surface area (Å²) in [6.45, 7) is 4.59. The second kappa shape index (κ2) is 42.0. The number of unbranched alkanes of at least 4 members (excludes halogenated alkanes) is 28. The average molecular weight is 853 g/mol. The Kier molecular flexibility index (Phi) is 41.1. The number of likely N-dealkylation sites (N-methyl/N-ethyl adjacent to an activating group) is 1. The molecule has 1 amide bonds. The van der Waals surface area contributed by atoms with Crippen molar-refractivity contribution >= 4 is 13.7 Å². The molecule has 0 aliphatic heterocycles. The van der Waals surface area contributed by atoms with Crippen LogP contribution in [0.4, 0.5) is 0 Å². The van der Waals surface area contributed by atoms with E-state index in [1.807, 2.05) is 27.2 Å². The van der Waals surface area contributed by atoms with Gasteiger partial charge < -0.3 is 28.8 Å². The van der Waals surface area contributed by atoms with Crippen molar-refractivity contribution in [3.63, 3.8) is 0 Å². The molecule has 0 radical (unpaired) electrons. The molecular formula is C50H97N2O6P. The average Bonchev–Trinajstić information content (AvgIpc) is 3.19. The van der Waals surface area contributed by atoms with Crippen LogP contribution < -0.4 is 10.2 Å². The van der Waals surface area contributed by atoms with Crippen molar-refractivity contribution in [2.45, 2.75) is 238 Å². The van der Waals surface area contributed by atoms with Gasteiger partial charge >= 0.3 is 0 Å². The lowest BCUT2D eigenvalue weighted by atomic mass is 10.0. The first kappa shape index (κ1) is 57.7. The largest absolute Gasteiger partial charge is 0.756 e. The Bertz CT molecular complexity index is 1060.